The maximum Gasteiger partial charge on any atom is 0.453 e. The first-order chi connectivity index (χ1) is 11.4. The molecule has 6 nitrogen and oxygen atoms in total. The molecular formula is C15H13F3N6. The first kappa shape index (κ1) is 14.9. The lowest BCUT2D eigenvalue weighted by Crippen LogP contribution is -2.32. The SMILES string of the molecule is Cc1cc(N2CCc3ccncc3C2)n2nc(C(F)(F)F)nc2n1. The van der Waals surface area contributed by atoms with Gasteiger partial charge < -0.3 is 4.90 Å². The molecule has 0 spiro atoms. The van der Waals surface area contributed by atoms with E-state index >= 15 is 0 Å². The molecule has 4 rings (SSSR count). The van der Waals surface area contributed by atoms with Gasteiger partial charge in [-0.3, -0.25) is 4.98 Å². The second-order valence-corrected chi connectivity index (χ2v) is 5.72. The van der Waals surface area contributed by atoms with E-state index in [0.29, 0.717) is 24.6 Å². The summed E-state index contributed by atoms with van der Waals surface area (Å²) >= 11 is 0. The van der Waals surface area contributed by atoms with E-state index in [9.17, 15) is 13.2 Å². The lowest BCUT2D eigenvalue weighted by Gasteiger charge is -2.30. The van der Waals surface area contributed by atoms with Crippen molar-refractivity contribution in [2.75, 3.05) is 11.4 Å². The summed E-state index contributed by atoms with van der Waals surface area (Å²) in [5.41, 5.74) is 2.86. The minimum Gasteiger partial charge on any atom is -0.352 e. The fourth-order valence-electron chi connectivity index (χ4n) is 2.89. The van der Waals surface area contributed by atoms with Crippen LogP contribution in [0.15, 0.2) is 24.5 Å². The van der Waals surface area contributed by atoms with Crippen LogP contribution in [0.2, 0.25) is 0 Å². The minimum atomic E-state index is -4.60. The number of hydrogen-bond donors (Lipinski definition) is 0. The van der Waals surface area contributed by atoms with Gasteiger partial charge in [0.15, 0.2) is 0 Å². The van der Waals surface area contributed by atoms with Crippen LogP contribution in [-0.2, 0) is 19.1 Å². The van der Waals surface area contributed by atoms with Crippen molar-refractivity contribution in [2.45, 2.75) is 26.1 Å². The molecule has 9 heteroatoms. The Morgan fingerprint density at radius 3 is 2.79 bits per heavy atom. The number of pyridine rings is 1. The number of nitrogens with zero attached hydrogens (tertiary/aromatic N) is 6. The Morgan fingerprint density at radius 2 is 2.00 bits per heavy atom. The van der Waals surface area contributed by atoms with Gasteiger partial charge in [0.25, 0.3) is 11.6 Å². The lowest BCUT2D eigenvalue weighted by molar-refractivity contribution is -0.144. The van der Waals surface area contributed by atoms with Gasteiger partial charge in [0, 0.05) is 37.2 Å². The zero-order valence-electron chi connectivity index (χ0n) is 12.7. The third kappa shape index (κ3) is 2.45. The molecule has 3 aromatic heterocycles. The van der Waals surface area contributed by atoms with E-state index in [-0.39, 0.29) is 5.78 Å². The van der Waals surface area contributed by atoms with Crippen molar-refractivity contribution in [3.05, 3.63) is 47.2 Å². The molecule has 24 heavy (non-hydrogen) atoms. The van der Waals surface area contributed by atoms with Crippen molar-refractivity contribution < 1.29 is 13.2 Å². The normalized spacial score (nSPS) is 14.9. The molecule has 0 aliphatic carbocycles. The predicted octanol–water partition coefficient (Wildman–Crippen LogP) is 2.41. The number of rotatable bonds is 1. The van der Waals surface area contributed by atoms with Gasteiger partial charge in [-0.2, -0.15) is 22.7 Å². The van der Waals surface area contributed by atoms with E-state index in [1.54, 1.807) is 25.4 Å². The van der Waals surface area contributed by atoms with E-state index in [1.807, 2.05) is 11.0 Å². The number of fused-ring (bicyclic) bond motifs is 2. The highest BCUT2D eigenvalue weighted by Crippen LogP contribution is 2.29. The summed E-state index contributed by atoms with van der Waals surface area (Å²) in [6.45, 7) is 2.96. The van der Waals surface area contributed by atoms with Crippen LogP contribution in [0.25, 0.3) is 5.78 Å². The van der Waals surface area contributed by atoms with Crippen LogP contribution >= 0.6 is 0 Å². The highest BCUT2D eigenvalue weighted by molar-refractivity contribution is 5.50. The van der Waals surface area contributed by atoms with Crippen LogP contribution in [0.4, 0.5) is 19.0 Å². The Kier molecular flexibility index (Phi) is 3.19. The number of halogens is 3. The molecule has 0 radical (unpaired) electrons. The Balaban J connectivity index is 1.81. The van der Waals surface area contributed by atoms with Gasteiger partial charge in [-0.05, 0) is 30.5 Å². The third-order valence-corrected chi connectivity index (χ3v) is 4.02. The summed E-state index contributed by atoms with van der Waals surface area (Å²) in [6.07, 6.45) is -0.273. The maximum atomic E-state index is 12.9. The minimum absolute atomic E-state index is 0.0469. The molecule has 0 aromatic carbocycles. The highest BCUT2D eigenvalue weighted by Gasteiger charge is 2.37. The summed E-state index contributed by atoms with van der Waals surface area (Å²) in [5, 5.41) is 3.62. The molecule has 0 amide bonds. The first-order valence-electron chi connectivity index (χ1n) is 7.40. The molecule has 0 saturated carbocycles. The lowest BCUT2D eigenvalue weighted by atomic mass is 10.0. The van der Waals surface area contributed by atoms with Crippen molar-refractivity contribution in [1.82, 2.24) is 24.6 Å². The van der Waals surface area contributed by atoms with Crippen LogP contribution in [0, 0.1) is 6.92 Å². The molecule has 0 unspecified atom stereocenters. The summed E-state index contributed by atoms with van der Waals surface area (Å²) in [5.74, 6) is -0.676. The van der Waals surface area contributed by atoms with E-state index in [0.717, 1.165) is 16.5 Å². The quantitative estimate of drug-likeness (QED) is 0.684. The van der Waals surface area contributed by atoms with Crippen molar-refractivity contribution in [2.24, 2.45) is 0 Å². The van der Waals surface area contributed by atoms with Gasteiger partial charge in [0.1, 0.15) is 5.82 Å². The van der Waals surface area contributed by atoms with Crippen LogP contribution in [0.1, 0.15) is 22.6 Å². The number of anilines is 1. The van der Waals surface area contributed by atoms with Gasteiger partial charge >= 0.3 is 6.18 Å². The number of aromatic nitrogens is 5. The fourth-order valence-corrected chi connectivity index (χ4v) is 2.89. The van der Waals surface area contributed by atoms with Crippen LogP contribution < -0.4 is 4.90 Å². The summed E-state index contributed by atoms with van der Waals surface area (Å²) in [4.78, 5) is 13.7. The summed E-state index contributed by atoms with van der Waals surface area (Å²) in [6, 6.07) is 3.69. The zero-order chi connectivity index (χ0) is 16.9. The Morgan fingerprint density at radius 1 is 1.17 bits per heavy atom. The standard InChI is InChI=1S/C15H13F3N6/c1-9-6-12(23-5-3-10-2-4-19-7-11(10)8-23)24-14(20-9)21-13(22-24)15(16,17)18/h2,4,6-7H,3,5,8H2,1H3. The van der Waals surface area contributed by atoms with Crippen LogP contribution in [-0.4, -0.2) is 31.1 Å². The summed E-state index contributed by atoms with van der Waals surface area (Å²) in [7, 11) is 0. The average Bonchev–Trinajstić information content (AvgIpc) is 2.97. The van der Waals surface area contributed by atoms with Crippen LogP contribution in [0.5, 0.6) is 0 Å². The van der Waals surface area contributed by atoms with E-state index in [1.165, 1.54) is 5.56 Å². The smallest absolute Gasteiger partial charge is 0.352 e. The molecule has 0 atom stereocenters. The van der Waals surface area contributed by atoms with Crippen molar-refractivity contribution in [1.29, 1.82) is 0 Å². The largest absolute Gasteiger partial charge is 0.453 e. The highest BCUT2D eigenvalue weighted by atomic mass is 19.4. The van der Waals surface area contributed by atoms with Crippen molar-refractivity contribution in [3.8, 4) is 0 Å². The zero-order valence-corrected chi connectivity index (χ0v) is 12.7. The first-order valence-corrected chi connectivity index (χ1v) is 7.40. The van der Waals surface area contributed by atoms with E-state index in [2.05, 4.69) is 20.1 Å². The van der Waals surface area contributed by atoms with E-state index < -0.39 is 12.0 Å². The van der Waals surface area contributed by atoms with Gasteiger partial charge in [-0.25, -0.2) is 4.98 Å². The second-order valence-electron chi connectivity index (χ2n) is 5.72. The van der Waals surface area contributed by atoms with Gasteiger partial charge in [0.05, 0.1) is 0 Å². The van der Waals surface area contributed by atoms with Gasteiger partial charge in [0.2, 0.25) is 0 Å². The molecule has 4 heterocycles. The number of alkyl halides is 3. The molecule has 0 fully saturated rings. The molecule has 0 saturated heterocycles. The fraction of sp³-hybridized carbons (Fsp3) is 0.333. The maximum absolute atomic E-state index is 12.9. The molecule has 1 aliphatic rings. The van der Waals surface area contributed by atoms with Crippen LogP contribution in [0.3, 0.4) is 0 Å². The number of aryl methyl sites for hydroxylation is 1. The molecule has 0 bridgehead atoms. The third-order valence-electron chi connectivity index (χ3n) is 4.02. The van der Waals surface area contributed by atoms with E-state index in [4.69, 9.17) is 0 Å². The molecule has 0 N–H and O–H groups in total. The Bertz CT molecular complexity index is 917. The van der Waals surface area contributed by atoms with Crippen molar-refractivity contribution in [3.63, 3.8) is 0 Å². The number of hydrogen-bond acceptors (Lipinski definition) is 5. The average molecular weight is 334 g/mol. The summed E-state index contributed by atoms with van der Waals surface area (Å²) < 4.78 is 39.9. The van der Waals surface area contributed by atoms with Gasteiger partial charge in [-0.15, -0.1) is 5.10 Å². The predicted molar refractivity (Wildman–Crippen MR) is 79.5 cm³/mol. The molecule has 1 aliphatic heterocycles. The molecule has 124 valence electrons. The second kappa shape index (κ2) is 5.15. The molecule has 3 aromatic rings. The Hall–Kier alpha value is -2.71. The topological polar surface area (TPSA) is 59.2 Å². The molecular weight excluding hydrogens is 321 g/mol. The van der Waals surface area contributed by atoms with Crippen molar-refractivity contribution >= 4 is 11.6 Å². The Labute approximate surface area is 135 Å². The monoisotopic (exact) mass is 334 g/mol. The van der Waals surface area contributed by atoms with Gasteiger partial charge in [-0.1, -0.05) is 0 Å².